The number of hydrazine groups is 1. The van der Waals surface area contributed by atoms with Gasteiger partial charge >= 0.3 is 6.03 Å². The molecule has 0 bridgehead atoms. The van der Waals surface area contributed by atoms with E-state index in [4.69, 9.17) is 4.74 Å². The van der Waals surface area contributed by atoms with E-state index in [-0.39, 0.29) is 69.4 Å². The highest BCUT2D eigenvalue weighted by Gasteiger charge is 2.45. The van der Waals surface area contributed by atoms with Gasteiger partial charge in [-0.1, -0.05) is 44.2 Å². The minimum absolute atomic E-state index is 0.0422. The lowest BCUT2D eigenvalue weighted by Gasteiger charge is -2.51. The fourth-order valence-corrected chi connectivity index (χ4v) is 4.14. The molecule has 1 unspecified atom stereocenters. The summed E-state index contributed by atoms with van der Waals surface area (Å²) >= 11 is 0. The Kier molecular flexibility index (Phi) is 9.93. The number of hydrogen-bond acceptors (Lipinski definition) is 5. The summed E-state index contributed by atoms with van der Waals surface area (Å²) in [5, 5.41) is 5.73. The lowest BCUT2D eigenvalue weighted by molar-refractivity contribution is -0.178. The van der Waals surface area contributed by atoms with Crippen molar-refractivity contribution in [2.75, 3.05) is 39.8 Å². The summed E-state index contributed by atoms with van der Waals surface area (Å²) in [6.45, 7) is 4.59. The summed E-state index contributed by atoms with van der Waals surface area (Å²) in [5.74, 6) is -1.22. The maximum absolute atomic E-state index is 13.8. The SMILES string of the molecule is CC.CN1CC(=O)N2CC(=O)N(CCOCc3ccccc3F)CC2N1C(=O)NCc1ccc(F)cc1. The van der Waals surface area contributed by atoms with Gasteiger partial charge in [-0.25, -0.2) is 23.6 Å². The third-order valence-electron chi connectivity index (χ3n) is 6.02. The lowest BCUT2D eigenvalue weighted by atomic mass is 10.2. The first-order valence-electron chi connectivity index (χ1n) is 12.2. The Balaban J connectivity index is 0.00000186. The van der Waals surface area contributed by atoms with E-state index in [2.05, 4.69) is 5.32 Å². The van der Waals surface area contributed by atoms with Crippen molar-refractivity contribution in [3.05, 3.63) is 71.3 Å². The van der Waals surface area contributed by atoms with Gasteiger partial charge in [-0.3, -0.25) is 9.59 Å². The summed E-state index contributed by atoms with van der Waals surface area (Å²) in [4.78, 5) is 41.2. The van der Waals surface area contributed by atoms with E-state index in [1.165, 1.54) is 38.0 Å². The van der Waals surface area contributed by atoms with Crippen molar-refractivity contribution in [1.82, 2.24) is 25.1 Å². The number of carbonyl (C=O) groups excluding carboxylic acids is 3. The van der Waals surface area contributed by atoms with E-state index >= 15 is 0 Å². The van der Waals surface area contributed by atoms with Crippen molar-refractivity contribution in [3.63, 3.8) is 0 Å². The van der Waals surface area contributed by atoms with Gasteiger partial charge in [0.2, 0.25) is 11.8 Å². The van der Waals surface area contributed by atoms with Crippen LogP contribution in [0.3, 0.4) is 0 Å². The molecule has 37 heavy (non-hydrogen) atoms. The van der Waals surface area contributed by atoms with Crippen LogP contribution < -0.4 is 5.32 Å². The van der Waals surface area contributed by atoms with Gasteiger partial charge in [0.05, 0.1) is 26.3 Å². The molecule has 2 aliphatic heterocycles. The Morgan fingerprint density at radius 1 is 1.03 bits per heavy atom. The Bertz CT molecular complexity index is 1080. The standard InChI is InChI=1S/C24H27F2N5O4.C2H6/c1-28-14-23(33)30-15-22(32)29(10-11-35-16-18-4-2-3-5-20(18)26)13-21(30)31(28)24(34)27-12-17-6-8-19(25)9-7-17;1-2/h2-9,21H,10-16H2,1H3,(H,27,34);1-2H3. The van der Waals surface area contributed by atoms with Crippen LogP contribution in [0.2, 0.25) is 0 Å². The normalized spacial score (nSPS) is 17.8. The molecule has 2 heterocycles. The van der Waals surface area contributed by atoms with Gasteiger partial charge in [-0.2, -0.15) is 0 Å². The summed E-state index contributed by atoms with van der Waals surface area (Å²) in [6.07, 6.45) is -0.682. The van der Waals surface area contributed by atoms with E-state index < -0.39 is 12.2 Å². The molecule has 2 aliphatic rings. The van der Waals surface area contributed by atoms with E-state index in [1.54, 1.807) is 37.4 Å². The number of hydrogen-bond donors (Lipinski definition) is 1. The molecule has 4 rings (SSSR count). The van der Waals surface area contributed by atoms with E-state index in [1.807, 2.05) is 13.8 Å². The molecule has 0 radical (unpaired) electrons. The smallest absolute Gasteiger partial charge is 0.334 e. The number of piperazine rings is 1. The number of ether oxygens (including phenoxy) is 1. The quantitative estimate of drug-likeness (QED) is 0.571. The number of fused-ring (bicyclic) bond motifs is 1. The zero-order valence-corrected chi connectivity index (χ0v) is 21.3. The van der Waals surface area contributed by atoms with E-state index in [0.29, 0.717) is 5.56 Å². The number of urea groups is 1. The molecular weight excluding hydrogens is 484 g/mol. The van der Waals surface area contributed by atoms with Crippen molar-refractivity contribution >= 4 is 17.8 Å². The topological polar surface area (TPSA) is 85.4 Å². The van der Waals surface area contributed by atoms with Crippen molar-refractivity contribution in [1.29, 1.82) is 0 Å². The monoisotopic (exact) mass is 517 g/mol. The highest BCUT2D eigenvalue weighted by molar-refractivity contribution is 5.89. The molecule has 2 saturated heterocycles. The minimum atomic E-state index is -0.682. The molecule has 2 aromatic rings. The zero-order valence-electron chi connectivity index (χ0n) is 21.3. The van der Waals surface area contributed by atoms with Crippen molar-refractivity contribution in [2.45, 2.75) is 33.2 Å². The summed E-state index contributed by atoms with van der Waals surface area (Å²) < 4.78 is 32.4. The van der Waals surface area contributed by atoms with Gasteiger partial charge in [0.25, 0.3) is 0 Å². The molecule has 0 aromatic heterocycles. The second kappa shape index (κ2) is 13.1. The van der Waals surface area contributed by atoms with Crippen LogP contribution in [-0.4, -0.2) is 83.7 Å². The number of nitrogens with zero attached hydrogens (tertiary/aromatic N) is 4. The molecule has 200 valence electrons. The molecule has 11 heteroatoms. The summed E-state index contributed by atoms with van der Waals surface area (Å²) in [6, 6.07) is 11.6. The first-order chi connectivity index (χ1) is 17.8. The lowest BCUT2D eigenvalue weighted by Crippen LogP contribution is -2.73. The van der Waals surface area contributed by atoms with Crippen LogP contribution in [0.25, 0.3) is 0 Å². The maximum atomic E-state index is 13.8. The van der Waals surface area contributed by atoms with Gasteiger partial charge in [-0.05, 0) is 23.8 Å². The number of benzene rings is 2. The van der Waals surface area contributed by atoms with Crippen molar-refractivity contribution in [2.24, 2.45) is 0 Å². The number of amides is 4. The Hall–Kier alpha value is -3.57. The molecule has 0 spiro atoms. The fourth-order valence-electron chi connectivity index (χ4n) is 4.14. The molecule has 0 aliphatic carbocycles. The van der Waals surface area contributed by atoms with Gasteiger partial charge in [0.1, 0.15) is 24.3 Å². The van der Waals surface area contributed by atoms with Crippen LogP contribution in [0.4, 0.5) is 13.6 Å². The van der Waals surface area contributed by atoms with E-state index in [9.17, 15) is 23.2 Å². The number of rotatable bonds is 7. The Morgan fingerprint density at radius 2 is 1.73 bits per heavy atom. The predicted octanol–water partition coefficient (Wildman–Crippen LogP) is 2.58. The molecule has 1 atom stereocenters. The van der Waals surface area contributed by atoms with Crippen molar-refractivity contribution < 1.29 is 27.9 Å². The summed E-state index contributed by atoms with van der Waals surface area (Å²) in [5.41, 5.74) is 1.15. The zero-order chi connectivity index (χ0) is 26.9. The van der Waals surface area contributed by atoms with Crippen molar-refractivity contribution in [3.8, 4) is 0 Å². The molecule has 2 aromatic carbocycles. The highest BCUT2D eigenvalue weighted by atomic mass is 19.1. The average molecular weight is 518 g/mol. The third kappa shape index (κ3) is 7.01. The van der Waals surface area contributed by atoms with Crippen LogP contribution >= 0.6 is 0 Å². The number of likely N-dealkylation sites (N-methyl/N-ethyl adjacent to an activating group) is 1. The Morgan fingerprint density at radius 3 is 2.43 bits per heavy atom. The number of nitrogens with one attached hydrogen (secondary N) is 1. The molecule has 1 N–H and O–H groups in total. The first kappa shape index (κ1) is 28.0. The van der Waals surface area contributed by atoms with Gasteiger partial charge in [0, 0.05) is 25.7 Å². The number of halogens is 2. The number of carbonyl (C=O) groups is 3. The molecule has 4 amide bonds. The maximum Gasteiger partial charge on any atom is 0.334 e. The highest BCUT2D eigenvalue weighted by Crippen LogP contribution is 2.21. The fraction of sp³-hybridized carbons (Fsp3) is 0.423. The van der Waals surface area contributed by atoms with Gasteiger partial charge < -0.3 is 19.9 Å². The predicted molar refractivity (Wildman–Crippen MR) is 133 cm³/mol. The van der Waals surface area contributed by atoms with Crippen LogP contribution in [0.5, 0.6) is 0 Å². The second-order valence-electron chi connectivity index (χ2n) is 8.43. The van der Waals surface area contributed by atoms with E-state index in [0.717, 1.165) is 5.56 Å². The van der Waals surface area contributed by atoms with Crippen LogP contribution in [-0.2, 0) is 27.5 Å². The summed E-state index contributed by atoms with van der Waals surface area (Å²) in [7, 11) is 1.63. The van der Waals surface area contributed by atoms with Crippen LogP contribution in [0.1, 0.15) is 25.0 Å². The van der Waals surface area contributed by atoms with Crippen LogP contribution in [0.15, 0.2) is 48.5 Å². The Labute approximate surface area is 215 Å². The second-order valence-corrected chi connectivity index (χ2v) is 8.43. The van der Waals surface area contributed by atoms with Crippen LogP contribution in [0, 0.1) is 11.6 Å². The third-order valence-corrected chi connectivity index (χ3v) is 6.02. The van der Waals surface area contributed by atoms with Gasteiger partial charge in [0.15, 0.2) is 0 Å². The molecule has 9 nitrogen and oxygen atoms in total. The van der Waals surface area contributed by atoms with Gasteiger partial charge in [-0.15, -0.1) is 0 Å². The minimum Gasteiger partial charge on any atom is -0.375 e. The average Bonchev–Trinajstić information content (AvgIpc) is 2.89. The molecule has 0 saturated carbocycles. The molecular formula is C26H33F2N5O4. The first-order valence-corrected chi connectivity index (χ1v) is 12.2. The largest absolute Gasteiger partial charge is 0.375 e. The molecule has 2 fully saturated rings.